The molecule has 0 spiro atoms. The minimum atomic E-state index is -5.01. The lowest BCUT2D eigenvalue weighted by atomic mass is 10.1. The lowest BCUT2D eigenvalue weighted by molar-refractivity contribution is -0.161. The van der Waals surface area contributed by atoms with E-state index in [1.165, 1.54) is 38.5 Å². The van der Waals surface area contributed by atoms with Gasteiger partial charge in [-0.2, -0.15) is 0 Å². The predicted octanol–water partition coefficient (Wildman–Crippen LogP) is 24.0. The molecule has 5 atom stereocenters. The summed E-state index contributed by atoms with van der Waals surface area (Å²) in [6.45, 7) is 4.48. The second kappa shape index (κ2) is 77.8. The maximum Gasteiger partial charge on any atom is 0.472 e. The fourth-order valence-electron chi connectivity index (χ4n) is 10.3. The second-order valence-corrected chi connectivity index (χ2v) is 29.5. The Morgan fingerprint density at radius 1 is 0.283 bits per heavy atom. The highest BCUT2D eigenvalue weighted by molar-refractivity contribution is 7.47. The van der Waals surface area contributed by atoms with Crippen LogP contribution in [0.25, 0.3) is 0 Å². The highest BCUT2D eigenvalue weighted by Crippen LogP contribution is 2.45. The van der Waals surface area contributed by atoms with Gasteiger partial charge in [-0.05, 0) is 154 Å². The predicted molar refractivity (Wildman–Crippen MR) is 436 cm³/mol. The Morgan fingerprint density at radius 2 is 0.547 bits per heavy atom. The van der Waals surface area contributed by atoms with Crippen molar-refractivity contribution in [3.63, 3.8) is 0 Å². The molecule has 0 saturated carbocycles. The molecule has 0 aromatic heterocycles. The van der Waals surface area contributed by atoms with Crippen molar-refractivity contribution in [2.75, 3.05) is 39.6 Å². The Hall–Kier alpha value is -5.32. The first-order valence-corrected chi connectivity index (χ1v) is 43.7. The van der Waals surface area contributed by atoms with E-state index in [0.717, 1.165) is 193 Å². The van der Waals surface area contributed by atoms with Crippen LogP contribution in [0.5, 0.6) is 0 Å². The van der Waals surface area contributed by atoms with Crippen LogP contribution in [0.4, 0.5) is 0 Å². The third-order valence-electron chi connectivity index (χ3n) is 16.5. The fraction of sp³-hybridized carbons (Fsp3) is 0.655. The molecule has 0 heterocycles. The summed E-state index contributed by atoms with van der Waals surface area (Å²) < 4.78 is 68.5. The summed E-state index contributed by atoms with van der Waals surface area (Å²) >= 11 is 0. The van der Waals surface area contributed by atoms with Crippen molar-refractivity contribution in [2.45, 2.75) is 329 Å². The molecule has 0 bridgehead atoms. The minimum absolute atomic E-state index is 0.0541. The van der Waals surface area contributed by atoms with Crippen LogP contribution in [-0.4, -0.2) is 96.7 Å². The SMILES string of the molecule is CC/C=C\C/C=C\C/C=C\C/C=C\C/C=C\CC(=O)OCC(COP(=O)(O)OCC(O)COP(=O)(O)OCC(COC(=O)CCCCCCCC/C=C\C/C=C\C/C=C\CCCCC)OC(=O)CCCCCCCC/C=C\C/C=C\C/C=C\CCCCC)OC(=O)CCCCCCC/C=C\C/C=C\CCC. The summed E-state index contributed by atoms with van der Waals surface area (Å²) in [5, 5.41) is 10.6. The monoisotopic (exact) mass is 1520 g/mol. The van der Waals surface area contributed by atoms with Gasteiger partial charge in [-0.1, -0.05) is 288 Å². The minimum Gasteiger partial charge on any atom is -0.462 e. The zero-order chi connectivity index (χ0) is 77.4. The molecule has 0 rings (SSSR count). The van der Waals surface area contributed by atoms with Crippen LogP contribution in [0.1, 0.15) is 310 Å². The summed E-state index contributed by atoms with van der Waals surface area (Å²) in [5.41, 5.74) is 0. The molecule has 0 aliphatic carbocycles. The first-order chi connectivity index (χ1) is 51.7. The zero-order valence-electron chi connectivity index (χ0n) is 66.1. The van der Waals surface area contributed by atoms with Gasteiger partial charge in [-0.3, -0.25) is 37.3 Å². The van der Waals surface area contributed by atoms with Crippen LogP contribution in [-0.2, 0) is 65.4 Å². The van der Waals surface area contributed by atoms with Crippen molar-refractivity contribution in [1.29, 1.82) is 0 Å². The molecular weight excluding hydrogens is 1380 g/mol. The van der Waals surface area contributed by atoms with Gasteiger partial charge in [-0.25, -0.2) is 9.13 Å². The van der Waals surface area contributed by atoms with E-state index in [-0.39, 0.29) is 25.7 Å². The van der Waals surface area contributed by atoms with Gasteiger partial charge in [0.15, 0.2) is 12.2 Å². The number of phosphoric ester groups is 2. The molecule has 0 fully saturated rings. The number of ether oxygens (including phenoxy) is 4. The molecule has 0 amide bonds. The topological polar surface area (TPSA) is 237 Å². The van der Waals surface area contributed by atoms with Crippen molar-refractivity contribution < 1.29 is 80.2 Å². The first-order valence-electron chi connectivity index (χ1n) is 40.7. The number of allylic oxidation sites excluding steroid dienone is 25. The van der Waals surface area contributed by atoms with Gasteiger partial charge in [0, 0.05) is 19.3 Å². The van der Waals surface area contributed by atoms with Crippen molar-refractivity contribution >= 4 is 39.5 Å². The zero-order valence-corrected chi connectivity index (χ0v) is 67.8. The number of hydrogen-bond acceptors (Lipinski definition) is 15. The number of hydrogen-bond donors (Lipinski definition) is 3. The lowest BCUT2D eigenvalue weighted by Crippen LogP contribution is -2.30. The van der Waals surface area contributed by atoms with Gasteiger partial charge >= 0.3 is 39.5 Å². The van der Waals surface area contributed by atoms with Gasteiger partial charge < -0.3 is 33.8 Å². The summed E-state index contributed by atoms with van der Waals surface area (Å²) in [4.78, 5) is 73.0. The molecule has 3 N–H and O–H groups in total. The second-order valence-electron chi connectivity index (χ2n) is 26.6. The van der Waals surface area contributed by atoms with E-state index in [1.807, 2.05) is 18.2 Å². The van der Waals surface area contributed by atoms with Gasteiger partial charge in [0.05, 0.1) is 32.8 Å². The Morgan fingerprint density at radius 3 is 0.877 bits per heavy atom. The van der Waals surface area contributed by atoms with Crippen molar-refractivity contribution in [3.8, 4) is 0 Å². The smallest absolute Gasteiger partial charge is 0.462 e. The van der Waals surface area contributed by atoms with Crippen molar-refractivity contribution in [2.24, 2.45) is 0 Å². The maximum atomic E-state index is 13.1. The largest absolute Gasteiger partial charge is 0.472 e. The van der Waals surface area contributed by atoms with Crippen LogP contribution in [0.3, 0.4) is 0 Å². The standard InChI is InChI=1S/C87H144O17P2/c1-5-9-13-17-21-25-29-33-36-38-40-42-45-49-52-56-60-64-68-72-85(90)98-78-83(104-87(92)74-70-66-62-58-54-50-46-43-41-39-37-34-30-26-22-18-14-10-6-2)80-102-106(95,96)100-76-81(88)75-99-105(93,94)101-79-82(103-86(91)73-69-65-61-57-53-47-32-28-24-20-16-12-8-4)77-97-84(89)71-67-63-59-55-51-48-44-35-31-27-23-19-15-11-7-3/h11,15-16,20-23,25-28,32-37,40-44,51,55,63,67,81-83,88H,5-10,12-14,17-19,24,29-31,38-39,45-50,52-54,56-62,64-66,68-80H2,1-4H3,(H,93,94)(H,95,96)/b15-11-,20-16-,25-21-,26-22-,27-23-,32-28-,36-33-,37-34-,42-40-,43-41-,44-35-,55-51-,67-63-. The van der Waals surface area contributed by atoms with E-state index >= 15 is 0 Å². The number of unbranched alkanes of at least 4 members (excludes halogenated alkanes) is 24. The van der Waals surface area contributed by atoms with Crippen LogP contribution in [0.15, 0.2) is 158 Å². The number of carbonyl (C=O) groups excluding carboxylic acids is 4. The molecule has 0 aliphatic heterocycles. The van der Waals surface area contributed by atoms with E-state index in [2.05, 4.69) is 161 Å². The Kier molecular flexibility index (Phi) is 73.9. The third-order valence-corrected chi connectivity index (χ3v) is 18.4. The van der Waals surface area contributed by atoms with Crippen LogP contribution in [0, 0.1) is 0 Å². The number of carbonyl (C=O) groups is 4. The van der Waals surface area contributed by atoms with E-state index in [4.69, 9.17) is 37.0 Å². The number of phosphoric acid groups is 2. The molecule has 0 aliphatic rings. The first kappa shape index (κ1) is 101. The Labute approximate surface area is 642 Å². The molecule has 17 nitrogen and oxygen atoms in total. The van der Waals surface area contributed by atoms with E-state index in [0.29, 0.717) is 25.7 Å². The van der Waals surface area contributed by atoms with Gasteiger partial charge in [0.1, 0.15) is 19.3 Å². The molecule has 0 radical (unpaired) electrons. The van der Waals surface area contributed by atoms with Gasteiger partial charge in [0.25, 0.3) is 0 Å². The average Bonchev–Trinajstić information content (AvgIpc) is 0.901. The summed E-state index contributed by atoms with van der Waals surface area (Å²) in [5.74, 6) is -2.37. The molecule has 604 valence electrons. The molecule has 106 heavy (non-hydrogen) atoms. The highest BCUT2D eigenvalue weighted by Gasteiger charge is 2.30. The van der Waals surface area contributed by atoms with E-state index in [1.54, 1.807) is 6.08 Å². The van der Waals surface area contributed by atoms with E-state index < -0.39 is 97.5 Å². The number of esters is 4. The lowest BCUT2D eigenvalue weighted by Gasteiger charge is -2.21. The van der Waals surface area contributed by atoms with Gasteiger partial charge in [0.2, 0.25) is 0 Å². The molecule has 0 saturated heterocycles. The van der Waals surface area contributed by atoms with Crippen LogP contribution < -0.4 is 0 Å². The molecular formula is C87H144O17P2. The number of rotatable bonds is 75. The Bertz CT molecular complexity index is 2630. The fourth-order valence-corrected chi connectivity index (χ4v) is 11.9. The quantitative estimate of drug-likeness (QED) is 0.0169. The normalized spacial score (nSPS) is 14.7. The molecule has 0 aromatic carbocycles. The van der Waals surface area contributed by atoms with Crippen LogP contribution >= 0.6 is 15.6 Å². The summed E-state index contributed by atoms with van der Waals surface area (Å²) in [6, 6.07) is 0. The van der Waals surface area contributed by atoms with Crippen LogP contribution in [0.2, 0.25) is 0 Å². The molecule has 0 aromatic rings. The molecule has 19 heteroatoms. The number of aliphatic hydroxyl groups is 1. The van der Waals surface area contributed by atoms with Crippen molar-refractivity contribution in [3.05, 3.63) is 158 Å². The summed E-state index contributed by atoms with van der Waals surface area (Å²) in [6.07, 6.45) is 91.0. The molecule has 5 unspecified atom stereocenters. The highest BCUT2D eigenvalue weighted by atomic mass is 31.2. The number of aliphatic hydroxyl groups excluding tert-OH is 1. The maximum absolute atomic E-state index is 13.1. The third kappa shape index (κ3) is 76.9. The van der Waals surface area contributed by atoms with E-state index in [9.17, 15) is 43.2 Å². The average molecular weight is 1520 g/mol. The van der Waals surface area contributed by atoms with Gasteiger partial charge in [-0.15, -0.1) is 0 Å². The summed E-state index contributed by atoms with van der Waals surface area (Å²) in [7, 11) is -10.0. The van der Waals surface area contributed by atoms with Crippen molar-refractivity contribution in [1.82, 2.24) is 0 Å². The Balaban J connectivity index is 5.46.